The minimum atomic E-state index is -0.0123. The third kappa shape index (κ3) is 5.34. The third-order valence-electron chi connectivity index (χ3n) is 6.84. The highest BCUT2D eigenvalue weighted by Gasteiger charge is 2.21. The highest BCUT2D eigenvalue weighted by atomic mass is 35.5. The van der Waals surface area contributed by atoms with Crippen LogP contribution in [0.4, 0.5) is 0 Å². The predicted molar refractivity (Wildman–Crippen MR) is 138 cm³/mol. The van der Waals surface area contributed by atoms with Crippen LogP contribution in [-0.4, -0.2) is 41.1 Å². The van der Waals surface area contributed by atoms with Crippen LogP contribution in [0, 0.1) is 13.8 Å². The van der Waals surface area contributed by atoms with Gasteiger partial charge in [-0.2, -0.15) is 0 Å². The number of piperidine rings is 1. The lowest BCUT2D eigenvalue weighted by molar-refractivity contribution is 0.0948. The van der Waals surface area contributed by atoms with Crippen LogP contribution < -0.4 is 5.32 Å². The Balaban J connectivity index is 1.55. The second kappa shape index (κ2) is 10.6. The van der Waals surface area contributed by atoms with Gasteiger partial charge in [-0.1, -0.05) is 48.4 Å². The molecule has 0 radical (unpaired) electrons. The van der Waals surface area contributed by atoms with Crippen LogP contribution in [0.15, 0.2) is 54.6 Å². The van der Waals surface area contributed by atoms with E-state index >= 15 is 0 Å². The molecule has 1 atom stereocenters. The van der Waals surface area contributed by atoms with Gasteiger partial charge in [0.2, 0.25) is 0 Å². The van der Waals surface area contributed by atoms with Crippen molar-refractivity contribution in [2.24, 2.45) is 0 Å². The van der Waals surface area contributed by atoms with Crippen LogP contribution in [0.25, 0.3) is 16.9 Å². The molecule has 0 spiro atoms. The Morgan fingerprint density at radius 1 is 1.09 bits per heavy atom. The van der Waals surface area contributed by atoms with Crippen LogP contribution in [0.1, 0.15) is 54.2 Å². The average Bonchev–Trinajstić information content (AvgIpc) is 3.15. The first-order valence-corrected chi connectivity index (χ1v) is 12.4. The Morgan fingerprint density at radius 3 is 2.58 bits per heavy atom. The topological polar surface area (TPSA) is 37.3 Å². The summed E-state index contributed by atoms with van der Waals surface area (Å²) >= 11 is 6.13. The molecule has 1 aliphatic heterocycles. The van der Waals surface area contributed by atoms with Crippen molar-refractivity contribution < 1.29 is 4.79 Å². The van der Waals surface area contributed by atoms with E-state index in [2.05, 4.69) is 40.8 Å². The average molecular weight is 464 g/mol. The van der Waals surface area contributed by atoms with Crippen molar-refractivity contribution in [1.29, 1.82) is 0 Å². The smallest absolute Gasteiger partial charge is 0.253 e. The highest BCUT2D eigenvalue weighted by molar-refractivity contribution is 6.30. The number of halogens is 1. The van der Waals surface area contributed by atoms with Gasteiger partial charge in [-0.25, -0.2) is 0 Å². The number of benzene rings is 2. The second-order valence-corrected chi connectivity index (χ2v) is 9.58. The van der Waals surface area contributed by atoms with Crippen LogP contribution >= 0.6 is 11.6 Å². The van der Waals surface area contributed by atoms with Crippen molar-refractivity contribution in [2.75, 3.05) is 19.6 Å². The number of hydrogen-bond acceptors (Lipinski definition) is 2. The fourth-order valence-electron chi connectivity index (χ4n) is 4.86. The van der Waals surface area contributed by atoms with Crippen molar-refractivity contribution in [3.63, 3.8) is 0 Å². The Labute approximate surface area is 202 Å². The van der Waals surface area contributed by atoms with Crippen LogP contribution in [0.2, 0.25) is 5.02 Å². The number of aryl methyl sites for hydroxylation is 1. The zero-order valence-electron chi connectivity index (χ0n) is 19.9. The summed E-state index contributed by atoms with van der Waals surface area (Å²) in [6, 6.07) is 18.7. The Bertz CT molecular complexity index is 1100. The number of carbonyl (C=O) groups is 1. The Morgan fingerprint density at radius 2 is 1.85 bits per heavy atom. The summed E-state index contributed by atoms with van der Waals surface area (Å²) in [5.74, 6) is -0.0123. The molecule has 1 aromatic heterocycles. The lowest BCUT2D eigenvalue weighted by Gasteiger charge is -2.33. The fraction of sp³-hybridized carbons (Fsp3) is 0.393. The molecular formula is C28H34ClN3O. The van der Waals surface area contributed by atoms with Gasteiger partial charge in [0.1, 0.15) is 0 Å². The summed E-state index contributed by atoms with van der Waals surface area (Å²) in [5.41, 5.74) is 5.92. The molecule has 0 bridgehead atoms. The first-order chi connectivity index (χ1) is 16.0. The van der Waals surface area contributed by atoms with E-state index in [0.29, 0.717) is 17.6 Å². The number of nitrogens with one attached hydrogen (secondary N) is 1. The van der Waals surface area contributed by atoms with E-state index in [1.54, 1.807) is 0 Å². The number of aromatic nitrogens is 1. The normalized spacial score (nSPS) is 16.7. The van der Waals surface area contributed by atoms with Crippen LogP contribution in [0.5, 0.6) is 0 Å². The molecule has 2 aromatic carbocycles. The minimum Gasteiger partial charge on any atom is -0.352 e. The van der Waals surface area contributed by atoms with E-state index < -0.39 is 0 Å². The fourth-order valence-corrected chi connectivity index (χ4v) is 4.99. The molecule has 1 amide bonds. The predicted octanol–water partition coefficient (Wildman–Crippen LogP) is 6.41. The molecule has 2 heterocycles. The third-order valence-corrected chi connectivity index (χ3v) is 7.09. The molecule has 33 heavy (non-hydrogen) atoms. The van der Waals surface area contributed by atoms with Gasteiger partial charge in [-0.15, -0.1) is 0 Å². The summed E-state index contributed by atoms with van der Waals surface area (Å²) in [4.78, 5) is 15.7. The lowest BCUT2D eigenvalue weighted by atomic mass is 10.0. The summed E-state index contributed by atoms with van der Waals surface area (Å²) in [6.07, 6.45) is 4.88. The zero-order chi connectivity index (χ0) is 23.4. The molecule has 1 aliphatic rings. The summed E-state index contributed by atoms with van der Waals surface area (Å²) in [5, 5.41) is 3.86. The maximum atomic E-state index is 13.2. The molecule has 0 saturated carbocycles. The van der Waals surface area contributed by atoms with E-state index in [0.717, 1.165) is 46.7 Å². The number of hydrogen-bond donors (Lipinski definition) is 1. The van der Waals surface area contributed by atoms with Crippen molar-refractivity contribution >= 4 is 17.5 Å². The van der Waals surface area contributed by atoms with Crippen LogP contribution in [-0.2, 0) is 0 Å². The number of carbonyl (C=O) groups excluding carboxylic acids is 1. The molecule has 4 nitrogen and oxygen atoms in total. The standard InChI is InChI=1S/C28H34ClN3O/c1-20-9-4-5-11-26(20)32-22(3)25(19-27(32)23-12-14-24(29)15-13-23)28(33)30-16-8-18-31-17-7-6-10-21(31)2/h4-5,9,11-15,19,21H,6-8,10,16-18H2,1-3H3,(H,30,33). The van der Waals surface area contributed by atoms with Crippen LogP contribution in [0.3, 0.4) is 0 Å². The molecule has 4 rings (SSSR count). The summed E-state index contributed by atoms with van der Waals surface area (Å²) in [6.45, 7) is 9.34. The monoisotopic (exact) mass is 463 g/mol. The van der Waals surface area contributed by atoms with E-state index in [9.17, 15) is 4.79 Å². The van der Waals surface area contributed by atoms with Gasteiger partial charge in [-0.3, -0.25) is 4.79 Å². The highest BCUT2D eigenvalue weighted by Crippen LogP contribution is 2.31. The van der Waals surface area contributed by atoms with Gasteiger partial charge in [0.05, 0.1) is 11.3 Å². The second-order valence-electron chi connectivity index (χ2n) is 9.15. The van der Waals surface area contributed by atoms with Crippen molar-refractivity contribution in [2.45, 2.75) is 52.5 Å². The molecule has 1 saturated heterocycles. The maximum absolute atomic E-state index is 13.2. The van der Waals surface area contributed by atoms with E-state index in [1.165, 1.54) is 25.8 Å². The van der Waals surface area contributed by atoms with Gasteiger partial charge < -0.3 is 14.8 Å². The molecule has 1 unspecified atom stereocenters. The van der Waals surface area contributed by atoms with Gasteiger partial charge >= 0.3 is 0 Å². The number of nitrogens with zero attached hydrogens (tertiary/aromatic N) is 2. The largest absolute Gasteiger partial charge is 0.352 e. The minimum absolute atomic E-state index is 0.0123. The van der Waals surface area contributed by atoms with E-state index in [4.69, 9.17) is 11.6 Å². The van der Waals surface area contributed by atoms with Crippen molar-refractivity contribution in [1.82, 2.24) is 14.8 Å². The molecule has 3 aromatic rings. The first kappa shape index (κ1) is 23.6. The molecule has 0 aliphatic carbocycles. The lowest BCUT2D eigenvalue weighted by Crippen LogP contribution is -2.39. The van der Waals surface area contributed by atoms with Gasteiger partial charge in [0.15, 0.2) is 0 Å². The number of likely N-dealkylation sites (tertiary alicyclic amines) is 1. The van der Waals surface area contributed by atoms with Gasteiger partial charge in [-0.05, 0) is 82.0 Å². The Hall–Kier alpha value is -2.56. The maximum Gasteiger partial charge on any atom is 0.253 e. The van der Waals surface area contributed by atoms with Crippen molar-refractivity contribution in [3.8, 4) is 16.9 Å². The van der Waals surface area contributed by atoms with Crippen molar-refractivity contribution in [3.05, 3.63) is 76.4 Å². The van der Waals surface area contributed by atoms with Gasteiger partial charge in [0.25, 0.3) is 5.91 Å². The summed E-state index contributed by atoms with van der Waals surface area (Å²) in [7, 11) is 0. The Kier molecular flexibility index (Phi) is 7.56. The summed E-state index contributed by atoms with van der Waals surface area (Å²) < 4.78 is 2.18. The quantitative estimate of drug-likeness (QED) is 0.411. The molecular weight excluding hydrogens is 430 g/mol. The first-order valence-electron chi connectivity index (χ1n) is 12.0. The SMILES string of the molecule is Cc1ccccc1-n1c(-c2ccc(Cl)cc2)cc(C(=O)NCCCN2CCCCC2C)c1C. The number of amides is 1. The number of para-hydroxylation sites is 1. The molecule has 5 heteroatoms. The molecule has 174 valence electrons. The molecule has 1 fully saturated rings. The number of rotatable bonds is 7. The zero-order valence-corrected chi connectivity index (χ0v) is 20.7. The van der Waals surface area contributed by atoms with Gasteiger partial charge in [0, 0.05) is 35.5 Å². The van der Waals surface area contributed by atoms with E-state index in [-0.39, 0.29) is 5.91 Å². The van der Waals surface area contributed by atoms with E-state index in [1.807, 2.05) is 49.4 Å². The molecule has 1 N–H and O–H groups in total.